The van der Waals surface area contributed by atoms with Crippen LogP contribution in [0.5, 0.6) is 0 Å². The fourth-order valence-corrected chi connectivity index (χ4v) is 3.92. The summed E-state index contributed by atoms with van der Waals surface area (Å²) in [6, 6.07) is 16.7. The van der Waals surface area contributed by atoms with Crippen molar-refractivity contribution in [3.8, 4) is 11.3 Å². The Balaban J connectivity index is 1.22. The first kappa shape index (κ1) is 20.3. The van der Waals surface area contributed by atoms with E-state index in [4.69, 9.17) is 0 Å². The van der Waals surface area contributed by atoms with Crippen LogP contribution in [0.2, 0.25) is 0 Å². The van der Waals surface area contributed by atoms with Crippen molar-refractivity contribution in [2.45, 2.75) is 25.8 Å². The minimum atomic E-state index is -0.249. The molecule has 0 spiro atoms. The zero-order valence-electron chi connectivity index (χ0n) is 17.3. The Morgan fingerprint density at radius 2 is 1.93 bits per heavy atom. The van der Waals surface area contributed by atoms with Crippen molar-refractivity contribution >= 4 is 5.91 Å². The van der Waals surface area contributed by atoms with E-state index < -0.39 is 0 Å². The number of fused-ring (bicyclic) bond motifs is 1. The monoisotopic (exact) mass is 406 g/mol. The lowest BCUT2D eigenvalue weighted by molar-refractivity contribution is -0.133. The van der Waals surface area contributed by atoms with Crippen LogP contribution < -0.4 is 0 Å². The molecule has 5 nitrogen and oxygen atoms in total. The van der Waals surface area contributed by atoms with Gasteiger partial charge in [0.1, 0.15) is 5.82 Å². The summed E-state index contributed by atoms with van der Waals surface area (Å²) in [5.41, 5.74) is 5.37. The number of halogens is 1. The van der Waals surface area contributed by atoms with Crippen LogP contribution in [0.25, 0.3) is 11.3 Å². The molecule has 0 radical (unpaired) electrons. The number of benzene rings is 2. The standard InChI is InChI=1S/C24H27FN4O/c1-28(17-24(30)29-14-12-18-5-2-3-6-20(18)16-29)13-4-7-22-15-23(27-26-22)19-8-10-21(25)11-9-19/h2-3,5-6,8-11,15H,4,7,12-14,16-17H2,1H3,(H,26,27). The zero-order chi connectivity index (χ0) is 20.9. The molecule has 3 aromatic rings. The predicted octanol–water partition coefficient (Wildman–Crippen LogP) is 3.67. The molecule has 0 atom stereocenters. The number of likely N-dealkylation sites (N-methyl/N-ethyl adjacent to an activating group) is 1. The van der Waals surface area contributed by atoms with E-state index >= 15 is 0 Å². The van der Waals surface area contributed by atoms with Gasteiger partial charge in [-0.05, 0) is 74.3 Å². The Bertz CT molecular complexity index is 998. The highest BCUT2D eigenvalue weighted by atomic mass is 19.1. The lowest BCUT2D eigenvalue weighted by Gasteiger charge is -2.30. The summed E-state index contributed by atoms with van der Waals surface area (Å²) < 4.78 is 13.1. The summed E-state index contributed by atoms with van der Waals surface area (Å²) in [6.07, 6.45) is 2.71. The average molecular weight is 407 g/mol. The minimum absolute atomic E-state index is 0.187. The van der Waals surface area contributed by atoms with Gasteiger partial charge in [-0.2, -0.15) is 5.10 Å². The van der Waals surface area contributed by atoms with E-state index in [1.165, 1.54) is 23.3 Å². The molecule has 1 aliphatic rings. The topological polar surface area (TPSA) is 52.2 Å². The fourth-order valence-electron chi connectivity index (χ4n) is 3.92. The quantitative estimate of drug-likeness (QED) is 0.651. The number of hydrogen-bond donors (Lipinski definition) is 1. The van der Waals surface area contributed by atoms with Gasteiger partial charge in [-0.3, -0.25) is 14.8 Å². The maximum absolute atomic E-state index is 13.1. The second-order valence-corrected chi connectivity index (χ2v) is 7.96. The van der Waals surface area contributed by atoms with Crippen LogP contribution in [0.3, 0.4) is 0 Å². The van der Waals surface area contributed by atoms with Gasteiger partial charge in [0.15, 0.2) is 0 Å². The summed E-state index contributed by atoms with van der Waals surface area (Å²) in [5.74, 6) is -0.0620. The van der Waals surface area contributed by atoms with E-state index in [2.05, 4.69) is 33.3 Å². The van der Waals surface area contributed by atoms with Crippen LogP contribution in [0, 0.1) is 5.82 Å². The molecular weight excluding hydrogens is 379 g/mol. The van der Waals surface area contributed by atoms with Crippen molar-refractivity contribution in [3.63, 3.8) is 0 Å². The molecule has 4 rings (SSSR count). The van der Waals surface area contributed by atoms with Gasteiger partial charge in [-0.1, -0.05) is 24.3 Å². The molecule has 156 valence electrons. The molecule has 1 aromatic heterocycles. The number of aryl methyl sites for hydroxylation is 1. The molecule has 0 fully saturated rings. The van der Waals surface area contributed by atoms with E-state index in [-0.39, 0.29) is 11.7 Å². The van der Waals surface area contributed by atoms with Crippen LogP contribution in [0.15, 0.2) is 54.6 Å². The average Bonchev–Trinajstić information content (AvgIpc) is 3.22. The Hall–Kier alpha value is -2.99. The van der Waals surface area contributed by atoms with Crippen molar-refractivity contribution < 1.29 is 9.18 Å². The van der Waals surface area contributed by atoms with Gasteiger partial charge in [0, 0.05) is 24.3 Å². The lowest BCUT2D eigenvalue weighted by atomic mass is 10.00. The third-order valence-electron chi connectivity index (χ3n) is 5.65. The van der Waals surface area contributed by atoms with E-state index in [9.17, 15) is 9.18 Å². The third kappa shape index (κ3) is 4.94. The number of nitrogens with one attached hydrogen (secondary N) is 1. The van der Waals surface area contributed by atoms with Gasteiger partial charge in [0.05, 0.1) is 12.2 Å². The molecule has 0 saturated carbocycles. The molecule has 0 saturated heterocycles. The number of H-pyrrole nitrogens is 1. The molecule has 30 heavy (non-hydrogen) atoms. The first-order valence-electron chi connectivity index (χ1n) is 10.4. The van der Waals surface area contributed by atoms with Gasteiger partial charge in [0.2, 0.25) is 5.91 Å². The summed E-state index contributed by atoms with van der Waals surface area (Å²) >= 11 is 0. The molecule has 1 amide bonds. The Kier molecular flexibility index (Phi) is 6.23. The highest BCUT2D eigenvalue weighted by Crippen LogP contribution is 2.20. The van der Waals surface area contributed by atoms with Crippen LogP contribution in [0.1, 0.15) is 23.2 Å². The minimum Gasteiger partial charge on any atom is -0.337 e. The number of carbonyl (C=O) groups excluding carboxylic acids is 1. The number of carbonyl (C=O) groups is 1. The van der Waals surface area contributed by atoms with Gasteiger partial charge in [0.25, 0.3) is 0 Å². The number of amides is 1. The van der Waals surface area contributed by atoms with Gasteiger partial charge >= 0.3 is 0 Å². The van der Waals surface area contributed by atoms with Crippen LogP contribution in [-0.4, -0.2) is 52.6 Å². The third-order valence-corrected chi connectivity index (χ3v) is 5.65. The highest BCUT2D eigenvalue weighted by molar-refractivity contribution is 5.78. The largest absolute Gasteiger partial charge is 0.337 e. The van der Waals surface area contributed by atoms with Crippen LogP contribution >= 0.6 is 0 Å². The van der Waals surface area contributed by atoms with E-state index in [1.807, 2.05) is 24.1 Å². The number of aromatic amines is 1. The molecule has 0 unspecified atom stereocenters. The normalized spacial score (nSPS) is 13.5. The summed E-state index contributed by atoms with van der Waals surface area (Å²) in [7, 11) is 1.99. The molecule has 0 bridgehead atoms. The van der Waals surface area contributed by atoms with Crippen molar-refractivity contribution in [2.75, 3.05) is 26.7 Å². The molecule has 0 aliphatic carbocycles. The van der Waals surface area contributed by atoms with E-state index in [0.29, 0.717) is 13.1 Å². The highest BCUT2D eigenvalue weighted by Gasteiger charge is 2.21. The number of nitrogens with zero attached hydrogens (tertiary/aromatic N) is 3. The molecule has 1 N–H and O–H groups in total. The second-order valence-electron chi connectivity index (χ2n) is 7.96. The van der Waals surface area contributed by atoms with Crippen molar-refractivity contribution in [3.05, 3.63) is 77.2 Å². The first-order valence-corrected chi connectivity index (χ1v) is 10.4. The van der Waals surface area contributed by atoms with Gasteiger partial charge < -0.3 is 4.90 Å². The van der Waals surface area contributed by atoms with Gasteiger partial charge in [-0.25, -0.2) is 4.39 Å². The fraction of sp³-hybridized carbons (Fsp3) is 0.333. The van der Waals surface area contributed by atoms with E-state index in [0.717, 1.165) is 49.3 Å². The maximum atomic E-state index is 13.1. The molecule has 2 heterocycles. The molecule has 6 heteroatoms. The summed E-state index contributed by atoms with van der Waals surface area (Å²) in [4.78, 5) is 16.7. The van der Waals surface area contributed by atoms with Gasteiger partial charge in [-0.15, -0.1) is 0 Å². The smallest absolute Gasteiger partial charge is 0.237 e. The lowest BCUT2D eigenvalue weighted by Crippen LogP contribution is -2.41. The van der Waals surface area contributed by atoms with Crippen molar-refractivity contribution in [1.29, 1.82) is 0 Å². The zero-order valence-corrected chi connectivity index (χ0v) is 17.3. The number of hydrogen-bond acceptors (Lipinski definition) is 3. The van der Waals surface area contributed by atoms with Crippen molar-refractivity contribution in [2.24, 2.45) is 0 Å². The number of rotatable bonds is 7. The molecule has 2 aromatic carbocycles. The van der Waals surface area contributed by atoms with E-state index in [1.54, 1.807) is 12.1 Å². The summed E-state index contributed by atoms with van der Waals surface area (Å²) in [5, 5.41) is 7.38. The van der Waals surface area contributed by atoms with Crippen LogP contribution in [-0.2, 0) is 24.2 Å². The SMILES string of the molecule is CN(CCCc1cc(-c2ccc(F)cc2)n[nH]1)CC(=O)N1CCc2ccccc2C1. The first-order chi connectivity index (χ1) is 14.6. The Morgan fingerprint density at radius 3 is 2.73 bits per heavy atom. The molecular formula is C24H27FN4O. The Labute approximate surface area is 176 Å². The predicted molar refractivity (Wildman–Crippen MR) is 115 cm³/mol. The molecule has 1 aliphatic heterocycles. The van der Waals surface area contributed by atoms with Crippen LogP contribution in [0.4, 0.5) is 4.39 Å². The summed E-state index contributed by atoms with van der Waals surface area (Å²) in [6.45, 7) is 2.78. The Morgan fingerprint density at radius 1 is 1.17 bits per heavy atom. The van der Waals surface area contributed by atoms with Crippen molar-refractivity contribution in [1.82, 2.24) is 20.0 Å². The second kappa shape index (κ2) is 9.22. The number of aromatic nitrogens is 2. The maximum Gasteiger partial charge on any atom is 0.237 e.